The summed E-state index contributed by atoms with van der Waals surface area (Å²) in [6, 6.07) is 7.94. The normalized spacial score (nSPS) is 19.0. The van der Waals surface area contributed by atoms with Gasteiger partial charge < -0.3 is 15.1 Å². The van der Waals surface area contributed by atoms with Crippen molar-refractivity contribution in [3.05, 3.63) is 29.8 Å². The van der Waals surface area contributed by atoms with Gasteiger partial charge in [-0.25, -0.2) is 0 Å². The molecule has 0 spiro atoms. The second-order valence-electron chi connectivity index (χ2n) is 8.11. The van der Waals surface area contributed by atoms with Crippen LogP contribution >= 0.6 is 0 Å². The minimum absolute atomic E-state index is 0.0541. The highest BCUT2D eigenvalue weighted by molar-refractivity contribution is 5.88. The molecule has 1 aromatic rings. The summed E-state index contributed by atoms with van der Waals surface area (Å²) in [4.78, 5) is 41.8. The van der Waals surface area contributed by atoms with Crippen molar-refractivity contribution in [1.82, 2.24) is 14.7 Å². The average Bonchev–Trinajstić information content (AvgIpc) is 2.94. The molecule has 1 aromatic carbocycles. The number of benzene rings is 1. The summed E-state index contributed by atoms with van der Waals surface area (Å²) in [5.74, 6) is 0.349. The number of anilines is 1. The molecule has 3 rings (SSSR count). The zero-order chi connectivity index (χ0) is 20.8. The minimum Gasteiger partial charge on any atom is -0.343 e. The van der Waals surface area contributed by atoms with Gasteiger partial charge in [0, 0.05) is 71.3 Å². The maximum atomic E-state index is 12.9. The summed E-state index contributed by atoms with van der Waals surface area (Å²) in [7, 11) is 0. The van der Waals surface area contributed by atoms with E-state index in [9.17, 15) is 14.4 Å². The summed E-state index contributed by atoms with van der Waals surface area (Å²) in [5.41, 5.74) is 2.01. The Morgan fingerprint density at radius 3 is 2.21 bits per heavy atom. The SMILES string of the molecule is CC(=O)Nc1ccc(CN2CCCN(C(=O)C3CCN(C(C)=O)CC3)CC2)cc1. The van der Waals surface area contributed by atoms with Crippen LogP contribution in [0, 0.1) is 5.92 Å². The van der Waals surface area contributed by atoms with E-state index in [1.54, 1.807) is 6.92 Å². The van der Waals surface area contributed by atoms with Crippen molar-refractivity contribution in [2.24, 2.45) is 5.92 Å². The van der Waals surface area contributed by atoms with Gasteiger partial charge >= 0.3 is 0 Å². The Morgan fingerprint density at radius 1 is 0.897 bits per heavy atom. The van der Waals surface area contributed by atoms with Gasteiger partial charge in [-0.15, -0.1) is 0 Å². The molecule has 0 bridgehead atoms. The second kappa shape index (κ2) is 9.87. The van der Waals surface area contributed by atoms with Crippen LogP contribution in [0.3, 0.4) is 0 Å². The van der Waals surface area contributed by atoms with Crippen molar-refractivity contribution in [3.63, 3.8) is 0 Å². The molecule has 0 aliphatic carbocycles. The van der Waals surface area contributed by atoms with Crippen LogP contribution in [0.5, 0.6) is 0 Å². The fraction of sp³-hybridized carbons (Fsp3) is 0.591. The van der Waals surface area contributed by atoms with Crippen LogP contribution < -0.4 is 5.32 Å². The zero-order valence-electron chi connectivity index (χ0n) is 17.5. The lowest BCUT2D eigenvalue weighted by Crippen LogP contribution is -2.44. The lowest BCUT2D eigenvalue weighted by Gasteiger charge is -2.33. The first-order valence-corrected chi connectivity index (χ1v) is 10.6. The van der Waals surface area contributed by atoms with E-state index in [1.807, 2.05) is 34.1 Å². The number of nitrogens with zero attached hydrogens (tertiary/aromatic N) is 3. The first-order valence-electron chi connectivity index (χ1n) is 10.6. The smallest absolute Gasteiger partial charge is 0.225 e. The molecule has 29 heavy (non-hydrogen) atoms. The first kappa shape index (κ1) is 21.3. The Hall–Kier alpha value is -2.41. The van der Waals surface area contributed by atoms with Gasteiger partial charge in [-0.3, -0.25) is 19.3 Å². The van der Waals surface area contributed by atoms with Crippen molar-refractivity contribution in [1.29, 1.82) is 0 Å². The van der Waals surface area contributed by atoms with Gasteiger partial charge in [0.1, 0.15) is 0 Å². The van der Waals surface area contributed by atoms with E-state index in [-0.39, 0.29) is 23.6 Å². The zero-order valence-corrected chi connectivity index (χ0v) is 17.5. The topological polar surface area (TPSA) is 73.0 Å². The molecule has 2 saturated heterocycles. The number of nitrogens with one attached hydrogen (secondary N) is 1. The predicted molar refractivity (Wildman–Crippen MR) is 112 cm³/mol. The van der Waals surface area contributed by atoms with Crippen molar-refractivity contribution < 1.29 is 14.4 Å². The molecule has 2 fully saturated rings. The minimum atomic E-state index is -0.0676. The third kappa shape index (κ3) is 6.03. The number of piperidine rings is 1. The molecular formula is C22H32N4O3. The van der Waals surface area contributed by atoms with Crippen molar-refractivity contribution in [2.45, 2.75) is 39.7 Å². The quantitative estimate of drug-likeness (QED) is 0.838. The largest absolute Gasteiger partial charge is 0.343 e. The molecule has 2 heterocycles. The monoisotopic (exact) mass is 400 g/mol. The Labute approximate surface area is 173 Å². The molecule has 0 unspecified atom stereocenters. The van der Waals surface area contributed by atoms with Crippen molar-refractivity contribution in [3.8, 4) is 0 Å². The molecule has 1 N–H and O–H groups in total. The highest BCUT2D eigenvalue weighted by atomic mass is 16.2. The number of rotatable bonds is 4. The number of hydrogen-bond acceptors (Lipinski definition) is 4. The number of carbonyl (C=O) groups is 3. The van der Waals surface area contributed by atoms with Gasteiger partial charge in [0.15, 0.2) is 0 Å². The number of amides is 3. The Morgan fingerprint density at radius 2 is 1.59 bits per heavy atom. The fourth-order valence-corrected chi connectivity index (χ4v) is 4.20. The van der Waals surface area contributed by atoms with Gasteiger partial charge in [0.05, 0.1) is 0 Å². The van der Waals surface area contributed by atoms with E-state index < -0.39 is 0 Å². The van der Waals surface area contributed by atoms with Gasteiger partial charge in [0.2, 0.25) is 17.7 Å². The number of likely N-dealkylation sites (tertiary alicyclic amines) is 1. The summed E-state index contributed by atoms with van der Waals surface area (Å²) < 4.78 is 0. The Bertz CT molecular complexity index is 726. The predicted octanol–water partition coefficient (Wildman–Crippen LogP) is 1.94. The fourth-order valence-electron chi connectivity index (χ4n) is 4.20. The molecule has 0 atom stereocenters. The summed E-state index contributed by atoms with van der Waals surface area (Å²) in [5, 5.41) is 2.79. The third-order valence-electron chi connectivity index (χ3n) is 5.87. The molecule has 7 nitrogen and oxygen atoms in total. The maximum Gasteiger partial charge on any atom is 0.225 e. The van der Waals surface area contributed by atoms with E-state index in [2.05, 4.69) is 10.2 Å². The standard InChI is InChI=1S/C22H32N4O3/c1-17(27)23-21-6-4-19(5-7-21)16-24-10-3-11-26(15-14-24)22(29)20-8-12-25(13-9-20)18(2)28/h4-7,20H,3,8-16H2,1-2H3,(H,23,27). The first-order chi connectivity index (χ1) is 13.9. The van der Waals surface area contributed by atoms with Crippen LogP contribution in [0.2, 0.25) is 0 Å². The Balaban J connectivity index is 1.48. The summed E-state index contributed by atoms with van der Waals surface area (Å²) >= 11 is 0. The van der Waals surface area contributed by atoms with Crippen LogP contribution in [0.1, 0.15) is 38.7 Å². The van der Waals surface area contributed by atoms with E-state index in [4.69, 9.17) is 0 Å². The van der Waals surface area contributed by atoms with E-state index in [0.717, 1.165) is 57.7 Å². The molecule has 158 valence electrons. The molecule has 0 aromatic heterocycles. The van der Waals surface area contributed by atoms with Crippen molar-refractivity contribution >= 4 is 23.4 Å². The van der Waals surface area contributed by atoms with E-state index in [1.165, 1.54) is 12.5 Å². The van der Waals surface area contributed by atoms with E-state index >= 15 is 0 Å². The number of hydrogen-bond donors (Lipinski definition) is 1. The highest BCUT2D eigenvalue weighted by Gasteiger charge is 2.30. The number of carbonyl (C=O) groups excluding carboxylic acids is 3. The maximum absolute atomic E-state index is 12.9. The van der Waals surface area contributed by atoms with Gasteiger partial charge in [-0.1, -0.05) is 12.1 Å². The molecular weight excluding hydrogens is 368 g/mol. The highest BCUT2D eigenvalue weighted by Crippen LogP contribution is 2.21. The molecule has 3 amide bonds. The average molecular weight is 401 g/mol. The Kier molecular flexibility index (Phi) is 7.25. The van der Waals surface area contributed by atoms with Crippen LogP contribution in [0.4, 0.5) is 5.69 Å². The molecule has 0 radical (unpaired) electrons. The van der Waals surface area contributed by atoms with Crippen molar-refractivity contribution in [2.75, 3.05) is 44.6 Å². The lowest BCUT2D eigenvalue weighted by atomic mass is 9.95. The summed E-state index contributed by atoms with van der Waals surface area (Å²) in [6.45, 7) is 8.74. The van der Waals surface area contributed by atoms with Crippen LogP contribution in [-0.4, -0.2) is 71.7 Å². The van der Waals surface area contributed by atoms with Gasteiger partial charge in [0.25, 0.3) is 0 Å². The van der Waals surface area contributed by atoms with Crippen LogP contribution in [0.25, 0.3) is 0 Å². The molecule has 2 aliphatic rings. The lowest BCUT2D eigenvalue weighted by molar-refractivity contribution is -0.140. The van der Waals surface area contributed by atoms with Gasteiger partial charge in [-0.05, 0) is 37.0 Å². The van der Waals surface area contributed by atoms with Gasteiger partial charge in [-0.2, -0.15) is 0 Å². The molecule has 2 aliphatic heterocycles. The van der Waals surface area contributed by atoms with Crippen LogP contribution in [0.15, 0.2) is 24.3 Å². The molecule has 7 heteroatoms. The van der Waals surface area contributed by atoms with Crippen LogP contribution in [-0.2, 0) is 20.9 Å². The molecule has 0 saturated carbocycles. The second-order valence-corrected chi connectivity index (χ2v) is 8.11. The van der Waals surface area contributed by atoms with E-state index in [0.29, 0.717) is 13.1 Å². The third-order valence-corrected chi connectivity index (χ3v) is 5.87. The summed E-state index contributed by atoms with van der Waals surface area (Å²) in [6.07, 6.45) is 2.53.